The SMILES string of the molecule is CCOc1cc(C=C(C#N)C(=O)N2CCc3ccccc32)ccc1OC(=O)c1ccc(Cl)cc1. The molecule has 0 bridgehead atoms. The van der Waals surface area contributed by atoms with Crippen molar-refractivity contribution in [3.8, 4) is 17.6 Å². The maximum atomic E-state index is 13.1. The molecule has 1 aliphatic rings. The summed E-state index contributed by atoms with van der Waals surface area (Å²) in [6.45, 7) is 2.68. The number of nitrogens with zero attached hydrogens (tertiary/aromatic N) is 2. The first-order valence-electron chi connectivity index (χ1n) is 10.8. The number of rotatable bonds is 6. The second kappa shape index (κ2) is 10.2. The van der Waals surface area contributed by atoms with Crippen molar-refractivity contribution < 1.29 is 19.1 Å². The number of nitriles is 1. The number of carbonyl (C=O) groups is 2. The van der Waals surface area contributed by atoms with Crippen molar-refractivity contribution in [2.24, 2.45) is 0 Å². The van der Waals surface area contributed by atoms with Gasteiger partial charge in [0.15, 0.2) is 11.5 Å². The van der Waals surface area contributed by atoms with E-state index in [1.54, 1.807) is 47.4 Å². The molecule has 0 N–H and O–H groups in total. The highest BCUT2D eigenvalue weighted by atomic mass is 35.5. The number of ether oxygens (including phenoxy) is 2. The number of fused-ring (bicyclic) bond motifs is 1. The summed E-state index contributed by atoms with van der Waals surface area (Å²) < 4.78 is 11.2. The van der Waals surface area contributed by atoms with Crippen LogP contribution in [0.15, 0.2) is 72.3 Å². The monoisotopic (exact) mass is 472 g/mol. The van der Waals surface area contributed by atoms with Crippen LogP contribution in [-0.2, 0) is 11.2 Å². The van der Waals surface area contributed by atoms with Gasteiger partial charge in [0.05, 0.1) is 12.2 Å². The molecule has 3 aromatic rings. The fourth-order valence-corrected chi connectivity index (χ4v) is 3.84. The van der Waals surface area contributed by atoms with E-state index in [0.29, 0.717) is 35.1 Å². The second-order valence-corrected chi connectivity index (χ2v) is 7.98. The Hall–Kier alpha value is -4.08. The van der Waals surface area contributed by atoms with E-state index in [9.17, 15) is 14.9 Å². The van der Waals surface area contributed by atoms with Gasteiger partial charge < -0.3 is 14.4 Å². The normalized spacial score (nSPS) is 12.6. The Morgan fingerprint density at radius 1 is 1.09 bits per heavy atom. The zero-order valence-corrected chi connectivity index (χ0v) is 19.2. The molecule has 0 saturated heterocycles. The summed E-state index contributed by atoms with van der Waals surface area (Å²) in [5.41, 5.74) is 2.84. The Bertz CT molecular complexity index is 1310. The average Bonchev–Trinajstić information content (AvgIpc) is 3.28. The minimum absolute atomic E-state index is 0.00469. The number of amides is 1. The number of benzene rings is 3. The number of para-hydroxylation sites is 1. The minimum atomic E-state index is -0.554. The Morgan fingerprint density at radius 3 is 2.59 bits per heavy atom. The van der Waals surface area contributed by atoms with Gasteiger partial charge in [-0.05, 0) is 73.0 Å². The van der Waals surface area contributed by atoms with Crippen LogP contribution in [-0.4, -0.2) is 25.0 Å². The lowest BCUT2D eigenvalue weighted by atomic mass is 10.1. The summed E-state index contributed by atoms with van der Waals surface area (Å²) >= 11 is 5.88. The molecule has 1 amide bonds. The molecule has 3 aromatic carbocycles. The number of carbonyl (C=O) groups excluding carboxylic acids is 2. The quantitative estimate of drug-likeness (QED) is 0.206. The van der Waals surface area contributed by atoms with Crippen LogP contribution in [0.25, 0.3) is 6.08 Å². The van der Waals surface area contributed by atoms with Crippen molar-refractivity contribution in [1.82, 2.24) is 0 Å². The molecule has 0 fully saturated rings. The summed E-state index contributed by atoms with van der Waals surface area (Å²) in [7, 11) is 0. The first-order valence-corrected chi connectivity index (χ1v) is 11.1. The summed E-state index contributed by atoms with van der Waals surface area (Å²) in [6, 6.07) is 20.9. The van der Waals surface area contributed by atoms with Crippen molar-refractivity contribution >= 4 is 35.2 Å². The van der Waals surface area contributed by atoms with Gasteiger partial charge in [-0.2, -0.15) is 5.26 Å². The van der Waals surface area contributed by atoms with E-state index < -0.39 is 5.97 Å². The highest BCUT2D eigenvalue weighted by Gasteiger charge is 2.26. The van der Waals surface area contributed by atoms with Crippen LogP contribution in [0.3, 0.4) is 0 Å². The summed E-state index contributed by atoms with van der Waals surface area (Å²) in [6.07, 6.45) is 2.26. The predicted molar refractivity (Wildman–Crippen MR) is 130 cm³/mol. The molecule has 7 heteroatoms. The minimum Gasteiger partial charge on any atom is -0.490 e. The van der Waals surface area contributed by atoms with Crippen molar-refractivity contribution in [3.63, 3.8) is 0 Å². The van der Waals surface area contributed by atoms with E-state index in [-0.39, 0.29) is 17.2 Å². The topological polar surface area (TPSA) is 79.6 Å². The maximum Gasteiger partial charge on any atom is 0.343 e. The summed E-state index contributed by atoms with van der Waals surface area (Å²) in [5.74, 6) is -0.350. The number of esters is 1. The van der Waals surface area contributed by atoms with Crippen LogP contribution in [0.1, 0.15) is 28.4 Å². The van der Waals surface area contributed by atoms with E-state index in [2.05, 4.69) is 0 Å². The molecular formula is C27H21ClN2O4. The molecular weight excluding hydrogens is 452 g/mol. The molecule has 0 unspecified atom stereocenters. The third kappa shape index (κ3) is 4.95. The number of halogens is 1. The van der Waals surface area contributed by atoms with E-state index in [0.717, 1.165) is 17.7 Å². The van der Waals surface area contributed by atoms with Crippen LogP contribution in [0, 0.1) is 11.3 Å². The number of hydrogen-bond donors (Lipinski definition) is 0. The van der Waals surface area contributed by atoms with E-state index in [4.69, 9.17) is 21.1 Å². The highest BCUT2D eigenvalue weighted by molar-refractivity contribution is 6.30. The molecule has 0 saturated carbocycles. The molecule has 34 heavy (non-hydrogen) atoms. The van der Waals surface area contributed by atoms with Gasteiger partial charge in [0, 0.05) is 17.3 Å². The van der Waals surface area contributed by atoms with E-state index in [1.807, 2.05) is 37.3 Å². The van der Waals surface area contributed by atoms with Gasteiger partial charge in [-0.25, -0.2) is 4.79 Å². The van der Waals surface area contributed by atoms with Crippen molar-refractivity contribution in [1.29, 1.82) is 5.26 Å². The molecule has 0 atom stereocenters. The average molecular weight is 473 g/mol. The zero-order valence-electron chi connectivity index (χ0n) is 18.5. The number of hydrogen-bond acceptors (Lipinski definition) is 5. The summed E-state index contributed by atoms with van der Waals surface area (Å²) in [5, 5.41) is 10.2. The van der Waals surface area contributed by atoms with Gasteiger partial charge in [-0.3, -0.25) is 4.79 Å². The Balaban J connectivity index is 1.58. The second-order valence-electron chi connectivity index (χ2n) is 7.54. The van der Waals surface area contributed by atoms with E-state index in [1.165, 1.54) is 6.08 Å². The molecule has 0 aliphatic carbocycles. The molecule has 0 spiro atoms. The van der Waals surface area contributed by atoms with E-state index >= 15 is 0 Å². The smallest absolute Gasteiger partial charge is 0.343 e. The predicted octanol–water partition coefficient (Wildman–Crippen LogP) is 5.45. The van der Waals surface area contributed by atoms with Crippen LogP contribution in [0.4, 0.5) is 5.69 Å². The lowest BCUT2D eigenvalue weighted by Crippen LogP contribution is -2.29. The zero-order chi connectivity index (χ0) is 24.1. The largest absolute Gasteiger partial charge is 0.490 e. The van der Waals surface area contributed by atoms with Crippen LogP contribution in [0.2, 0.25) is 5.02 Å². The van der Waals surface area contributed by atoms with Crippen LogP contribution in [0.5, 0.6) is 11.5 Å². The molecule has 1 heterocycles. The van der Waals surface area contributed by atoms with Crippen molar-refractivity contribution in [2.45, 2.75) is 13.3 Å². The Morgan fingerprint density at radius 2 is 1.85 bits per heavy atom. The molecule has 0 radical (unpaired) electrons. The first-order chi connectivity index (χ1) is 16.5. The third-order valence-electron chi connectivity index (χ3n) is 5.34. The van der Waals surface area contributed by atoms with Crippen molar-refractivity contribution in [3.05, 3.63) is 94.0 Å². The van der Waals surface area contributed by atoms with Gasteiger partial charge in [-0.1, -0.05) is 35.9 Å². The third-order valence-corrected chi connectivity index (χ3v) is 5.60. The Kier molecular flexibility index (Phi) is 6.95. The fraction of sp³-hybridized carbons (Fsp3) is 0.148. The van der Waals surface area contributed by atoms with Gasteiger partial charge in [0.1, 0.15) is 11.6 Å². The standard InChI is InChI=1S/C27H21ClN2O4/c1-2-33-25-16-18(7-12-24(25)34-27(32)20-8-10-22(28)11-9-20)15-21(17-29)26(31)30-14-13-19-5-3-4-6-23(19)30/h3-12,15-16H,2,13-14H2,1H3. The molecule has 6 nitrogen and oxygen atoms in total. The fourth-order valence-electron chi connectivity index (χ4n) is 3.71. The molecule has 170 valence electrons. The maximum absolute atomic E-state index is 13.1. The lowest BCUT2D eigenvalue weighted by Gasteiger charge is -2.16. The highest BCUT2D eigenvalue weighted by Crippen LogP contribution is 2.32. The van der Waals surface area contributed by atoms with Gasteiger partial charge in [-0.15, -0.1) is 0 Å². The van der Waals surface area contributed by atoms with Crippen LogP contribution < -0.4 is 14.4 Å². The molecule has 0 aromatic heterocycles. The van der Waals surface area contributed by atoms with Crippen LogP contribution >= 0.6 is 11.6 Å². The molecule has 1 aliphatic heterocycles. The first kappa shape index (κ1) is 23.1. The van der Waals surface area contributed by atoms with Gasteiger partial charge in [0.2, 0.25) is 0 Å². The lowest BCUT2D eigenvalue weighted by molar-refractivity contribution is -0.114. The summed E-state index contributed by atoms with van der Waals surface area (Å²) in [4.78, 5) is 27.2. The van der Waals surface area contributed by atoms with Crippen molar-refractivity contribution in [2.75, 3.05) is 18.1 Å². The Labute approximate surface area is 202 Å². The van der Waals surface area contributed by atoms with Gasteiger partial charge >= 0.3 is 5.97 Å². The number of anilines is 1. The molecule has 4 rings (SSSR count). The van der Waals surface area contributed by atoms with Gasteiger partial charge in [0.25, 0.3) is 5.91 Å².